The van der Waals surface area contributed by atoms with E-state index in [1.807, 2.05) is 23.7 Å². The Labute approximate surface area is 198 Å². The molecule has 34 heavy (non-hydrogen) atoms. The second-order valence-corrected chi connectivity index (χ2v) is 8.79. The van der Waals surface area contributed by atoms with Crippen molar-refractivity contribution in [2.24, 2.45) is 0 Å². The van der Waals surface area contributed by atoms with Crippen LogP contribution < -0.4 is 20.1 Å². The summed E-state index contributed by atoms with van der Waals surface area (Å²) in [5.74, 6) is 1.31. The number of aryl methyl sites for hydroxylation is 1. The molecule has 3 aromatic rings. The number of nitrogens with zero attached hydrogens (tertiary/aromatic N) is 3. The molecule has 0 saturated carbocycles. The highest BCUT2D eigenvalue weighted by molar-refractivity contribution is 6.06. The molecule has 1 fully saturated rings. The number of methoxy groups -OCH3 is 2. The molecule has 1 unspecified atom stereocenters. The van der Waals surface area contributed by atoms with Gasteiger partial charge in [0.15, 0.2) is 17.1 Å². The minimum absolute atomic E-state index is 0.0338. The number of hydrogen-bond donors (Lipinski definition) is 2. The van der Waals surface area contributed by atoms with E-state index in [0.717, 1.165) is 47.3 Å². The lowest BCUT2D eigenvalue weighted by molar-refractivity contribution is 0.0903. The molecule has 2 N–H and O–H groups in total. The van der Waals surface area contributed by atoms with Crippen LogP contribution in [0.4, 0.5) is 5.69 Å². The SMILES string of the molecule is CCn1ncc2c(NC3CCOCC3)c(C(=O)NC3Cc4ccc(OC)c(OC)c4C3)cnc21. The average Bonchev–Trinajstić information content (AvgIpc) is 3.47. The molecule has 1 saturated heterocycles. The zero-order valence-electron chi connectivity index (χ0n) is 19.9. The monoisotopic (exact) mass is 465 g/mol. The summed E-state index contributed by atoms with van der Waals surface area (Å²) in [6.45, 7) is 4.17. The van der Waals surface area contributed by atoms with E-state index >= 15 is 0 Å². The van der Waals surface area contributed by atoms with Crippen molar-refractivity contribution in [3.05, 3.63) is 41.2 Å². The molecular formula is C25H31N5O4. The van der Waals surface area contributed by atoms with Crippen molar-refractivity contribution >= 4 is 22.6 Å². The molecule has 0 radical (unpaired) electrons. The van der Waals surface area contributed by atoms with Gasteiger partial charge >= 0.3 is 0 Å². The predicted molar refractivity (Wildman–Crippen MR) is 129 cm³/mol. The van der Waals surface area contributed by atoms with Crippen LogP contribution in [-0.2, 0) is 24.1 Å². The number of aromatic nitrogens is 3. The third kappa shape index (κ3) is 4.04. The molecule has 2 aliphatic rings. The van der Waals surface area contributed by atoms with Crippen LogP contribution in [0.15, 0.2) is 24.5 Å². The van der Waals surface area contributed by atoms with Gasteiger partial charge in [-0.15, -0.1) is 0 Å². The van der Waals surface area contributed by atoms with E-state index in [-0.39, 0.29) is 18.0 Å². The Morgan fingerprint density at radius 2 is 1.97 bits per heavy atom. The maximum atomic E-state index is 13.5. The van der Waals surface area contributed by atoms with Crippen molar-refractivity contribution in [2.75, 3.05) is 32.8 Å². The van der Waals surface area contributed by atoms with Gasteiger partial charge in [-0.3, -0.25) is 4.79 Å². The van der Waals surface area contributed by atoms with Gasteiger partial charge in [0.25, 0.3) is 5.91 Å². The fourth-order valence-corrected chi connectivity index (χ4v) is 5.03. The Balaban J connectivity index is 1.42. The van der Waals surface area contributed by atoms with Gasteiger partial charge < -0.3 is 24.8 Å². The summed E-state index contributed by atoms with van der Waals surface area (Å²) in [7, 11) is 3.28. The van der Waals surface area contributed by atoms with Gasteiger partial charge in [0.1, 0.15) is 0 Å². The number of rotatable bonds is 7. The fourth-order valence-electron chi connectivity index (χ4n) is 5.03. The fraction of sp³-hybridized carbons (Fsp3) is 0.480. The number of fused-ring (bicyclic) bond motifs is 2. The predicted octanol–water partition coefficient (Wildman–Crippen LogP) is 2.96. The molecule has 1 aliphatic carbocycles. The van der Waals surface area contributed by atoms with E-state index < -0.39 is 0 Å². The van der Waals surface area contributed by atoms with E-state index in [1.54, 1.807) is 26.6 Å². The average molecular weight is 466 g/mol. The number of hydrogen-bond acceptors (Lipinski definition) is 7. The smallest absolute Gasteiger partial charge is 0.255 e. The lowest BCUT2D eigenvalue weighted by Gasteiger charge is -2.25. The summed E-state index contributed by atoms with van der Waals surface area (Å²) >= 11 is 0. The maximum absolute atomic E-state index is 13.5. The molecule has 1 amide bonds. The van der Waals surface area contributed by atoms with Crippen LogP contribution >= 0.6 is 0 Å². The van der Waals surface area contributed by atoms with E-state index in [4.69, 9.17) is 14.2 Å². The summed E-state index contributed by atoms with van der Waals surface area (Å²) in [5, 5.41) is 12.2. The molecule has 1 aliphatic heterocycles. The Morgan fingerprint density at radius 1 is 1.15 bits per heavy atom. The van der Waals surface area contributed by atoms with E-state index in [0.29, 0.717) is 37.5 Å². The number of anilines is 1. The first kappa shape index (κ1) is 22.5. The molecule has 0 spiro atoms. The number of ether oxygens (including phenoxy) is 3. The van der Waals surface area contributed by atoms with Crippen molar-refractivity contribution in [3.63, 3.8) is 0 Å². The summed E-state index contributed by atoms with van der Waals surface area (Å²) in [6, 6.07) is 4.17. The van der Waals surface area contributed by atoms with Crippen LogP contribution in [0.1, 0.15) is 41.3 Å². The highest BCUT2D eigenvalue weighted by Crippen LogP contribution is 2.38. The molecular weight excluding hydrogens is 434 g/mol. The number of pyridine rings is 1. The third-order valence-electron chi connectivity index (χ3n) is 6.78. The normalized spacial score (nSPS) is 18.0. The van der Waals surface area contributed by atoms with Gasteiger partial charge in [-0.25, -0.2) is 9.67 Å². The Hall–Kier alpha value is -3.33. The van der Waals surface area contributed by atoms with Crippen molar-refractivity contribution in [2.45, 2.75) is 51.2 Å². The Kier molecular flexibility index (Phi) is 6.28. The van der Waals surface area contributed by atoms with Crippen LogP contribution in [0.5, 0.6) is 11.5 Å². The highest BCUT2D eigenvalue weighted by Gasteiger charge is 2.29. The van der Waals surface area contributed by atoms with Crippen molar-refractivity contribution in [3.8, 4) is 11.5 Å². The van der Waals surface area contributed by atoms with Crippen LogP contribution in [0.3, 0.4) is 0 Å². The summed E-state index contributed by atoms with van der Waals surface area (Å²) in [6.07, 6.45) is 6.69. The van der Waals surface area contributed by atoms with Crippen molar-refractivity contribution < 1.29 is 19.0 Å². The largest absolute Gasteiger partial charge is 0.493 e. The van der Waals surface area contributed by atoms with Crippen molar-refractivity contribution in [1.82, 2.24) is 20.1 Å². The minimum Gasteiger partial charge on any atom is -0.493 e. The maximum Gasteiger partial charge on any atom is 0.255 e. The van der Waals surface area contributed by atoms with Gasteiger partial charge in [0.2, 0.25) is 0 Å². The third-order valence-corrected chi connectivity index (χ3v) is 6.78. The standard InChI is InChI=1S/C25H31N5O4/c1-4-30-24-19(14-27-30)22(28-16-7-9-34-10-8-16)20(13-26-24)25(31)29-17-11-15-5-6-21(32-2)23(33-3)18(15)12-17/h5-6,13-14,16-17H,4,7-12H2,1-3H3,(H,26,28)(H,29,31). The molecule has 180 valence electrons. The molecule has 9 nitrogen and oxygen atoms in total. The first-order chi connectivity index (χ1) is 16.6. The first-order valence-electron chi connectivity index (χ1n) is 11.8. The quantitative estimate of drug-likeness (QED) is 0.553. The van der Waals surface area contributed by atoms with E-state index in [2.05, 4.69) is 20.7 Å². The van der Waals surface area contributed by atoms with Gasteiger partial charge in [0.05, 0.1) is 37.1 Å². The lowest BCUT2D eigenvalue weighted by atomic mass is 10.1. The number of carbonyl (C=O) groups is 1. The molecule has 1 aromatic carbocycles. The second kappa shape index (κ2) is 9.50. The number of nitrogens with one attached hydrogen (secondary N) is 2. The van der Waals surface area contributed by atoms with Gasteiger partial charge in [-0.2, -0.15) is 5.10 Å². The second-order valence-electron chi connectivity index (χ2n) is 8.79. The number of amides is 1. The zero-order valence-corrected chi connectivity index (χ0v) is 19.9. The zero-order chi connectivity index (χ0) is 23.7. The van der Waals surface area contributed by atoms with Gasteiger partial charge in [0, 0.05) is 43.6 Å². The molecule has 9 heteroatoms. The van der Waals surface area contributed by atoms with Crippen LogP contribution in [0, 0.1) is 0 Å². The molecule has 0 bridgehead atoms. The number of benzene rings is 1. The lowest BCUT2D eigenvalue weighted by Crippen LogP contribution is -2.36. The summed E-state index contributed by atoms with van der Waals surface area (Å²) in [4.78, 5) is 18.1. The summed E-state index contributed by atoms with van der Waals surface area (Å²) < 4.78 is 18.4. The molecule has 5 rings (SSSR count). The highest BCUT2D eigenvalue weighted by atomic mass is 16.5. The van der Waals surface area contributed by atoms with E-state index in [1.165, 1.54) is 5.56 Å². The molecule has 2 aromatic heterocycles. The van der Waals surface area contributed by atoms with Crippen LogP contribution in [0.2, 0.25) is 0 Å². The molecule has 3 heterocycles. The van der Waals surface area contributed by atoms with Gasteiger partial charge in [-0.1, -0.05) is 6.07 Å². The van der Waals surface area contributed by atoms with Crippen LogP contribution in [0.25, 0.3) is 11.0 Å². The first-order valence-corrected chi connectivity index (χ1v) is 11.8. The topological polar surface area (TPSA) is 99.5 Å². The van der Waals surface area contributed by atoms with Crippen molar-refractivity contribution in [1.29, 1.82) is 0 Å². The Bertz CT molecular complexity index is 1200. The van der Waals surface area contributed by atoms with Gasteiger partial charge in [-0.05, 0) is 44.2 Å². The molecule has 1 atom stereocenters. The minimum atomic E-state index is -0.142. The number of carbonyl (C=O) groups excluding carboxylic acids is 1. The van der Waals surface area contributed by atoms with Crippen LogP contribution in [-0.4, -0.2) is 60.2 Å². The Morgan fingerprint density at radius 3 is 2.71 bits per heavy atom. The van der Waals surface area contributed by atoms with E-state index in [9.17, 15) is 4.79 Å². The summed E-state index contributed by atoms with van der Waals surface area (Å²) in [5.41, 5.74) is 4.37.